The molecule has 1 atom stereocenters. The number of fused-ring (bicyclic) bond motifs is 1. The number of carbonyl (C=O) groups excluding carboxylic acids is 2. The predicted octanol–water partition coefficient (Wildman–Crippen LogP) is 5.73. The van der Waals surface area contributed by atoms with Gasteiger partial charge < -0.3 is 9.63 Å². The summed E-state index contributed by atoms with van der Waals surface area (Å²) in [5.41, 5.74) is 4.26. The van der Waals surface area contributed by atoms with Gasteiger partial charge in [0, 0.05) is 37.8 Å². The highest BCUT2D eigenvalue weighted by molar-refractivity contribution is 6.24. The Labute approximate surface area is 204 Å². The third-order valence-corrected chi connectivity index (χ3v) is 6.81. The largest absolute Gasteiger partial charge is 0.511 e. The maximum absolute atomic E-state index is 13.0. The van der Waals surface area contributed by atoms with Gasteiger partial charge in [-0.25, -0.2) is 0 Å². The first-order chi connectivity index (χ1) is 17.1. The molecule has 178 valence electrons. The van der Waals surface area contributed by atoms with Gasteiger partial charge in [-0.3, -0.25) is 14.6 Å². The van der Waals surface area contributed by atoms with Gasteiger partial charge in [-0.15, -0.1) is 0 Å². The number of hydrogen-bond donors (Lipinski definition) is 1. The number of aliphatic hydroxyl groups excluding tert-OH is 1. The Hall–Kier alpha value is -3.80. The van der Waals surface area contributed by atoms with Crippen LogP contribution in [0.3, 0.4) is 0 Å². The zero-order valence-electron chi connectivity index (χ0n) is 19.6. The Bertz CT molecular complexity index is 1290. The third-order valence-electron chi connectivity index (χ3n) is 6.81. The minimum absolute atomic E-state index is 0.0161. The van der Waals surface area contributed by atoms with Crippen molar-refractivity contribution in [1.82, 2.24) is 5.16 Å². The van der Waals surface area contributed by atoms with Crippen LogP contribution in [0, 0.1) is 0 Å². The molecule has 0 spiro atoms. The van der Waals surface area contributed by atoms with Crippen LogP contribution in [0.2, 0.25) is 0 Å². The molecule has 2 aromatic carbocycles. The number of aliphatic imine (C=N–C) groups is 1. The molecule has 0 saturated heterocycles. The van der Waals surface area contributed by atoms with Crippen LogP contribution in [0.15, 0.2) is 81.5 Å². The fourth-order valence-electron chi connectivity index (χ4n) is 5.02. The number of ketones is 2. The van der Waals surface area contributed by atoms with Gasteiger partial charge in [-0.2, -0.15) is 0 Å². The Morgan fingerprint density at radius 2 is 1.71 bits per heavy atom. The van der Waals surface area contributed by atoms with Crippen LogP contribution < -0.4 is 0 Å². The maximum Gasteiger partial charge on any atom is 0.168 e. The molecule has 5 rings (SSSR count). The summed E-state index contributed by atoms with van der Waals surface area (Å²) >= 11 is 0. The maximum atomic E-state index is 13.0. The van der Waals surface area contributed by atoms with Crippen LogP contribution in [0.4, 0.5) is 0 Å². The zero-order chi connectivity index (χ0) is 24.2. The Morgan fingerprint density at radius 1 is 0.971 bits per heavy atom. The van der Waals surface area contributed by atoms with E-state index in [1.165, 1.54) is 0 Å². The molecule has 0 aliphatic heterocycles. The zero-order valence-corrected chi connectivity index (χ0v) is 19.6. The number of rotatable bonds is 6. The summed E-state index contributed by atoms with van der Waals surface area (Å²) in [5.74, 6) is 0.641. The van der Waals surface area contributed by atoms with Crippen LogP contribution in [-0.4, -0.2) is 27.5 Å². The lowest BCUT2D eigenvalue weighted by Gasteiger charge is -2.20. The lowest BCUT2D eigenvalue weighted by atomic mass is 9.81. The molecular weight excluding hydrogens is 440 g/mol. The molecule has 1 saturated carbocycles. The molecule has 0 radical (unpaired) electrons. The van der Waals surface area contributed by atoms with Crippen molar-refractivity contribution in [1.29, 1.82) is 0 Å². The molecule has 35 heavy (non-hydrogen) atoms. The van der Waals surface area contributed by atoms with Crippen molar-refractivity contribution in [2.45, 2.75) is 57.4 Å². The van der Waals surface area contributed by atoms with E-state index >= 15 is 0 Å². The molecular formula is C29H28N2O4. The van der Waals surface area contributed by atoms with E-state index < -0.39 is 0 Å². The van der Waals surface area contributed by atoms with Crippen molar-refractivity contribution in [3.63, 3.8) is 0 Å². The second-order valence-corrected chi connectivity index (χ2v) is 9.21. The first kappa shape index (κ1) is 23.0. The van der Waals surface area contributed by atoms with Crippen molar-refractivity contribution in [3.05, 3.63) is 100 Å². The Kier molecular flexibility index (Phi) is 6.70. The standard InChI is InChI=1S/C29H28N2O4/c32-24-13-7-12-22(30-18-19-8-3-1-4-9-19)28(24)25(33)15-14-23-29-26(34)16-21(17-27(29)35-31-23)20-10-5-2-6-11-20/h1-6,8-11,21,33H,7,12-18H2. The molecule has 3 aromatic rings. The molecule has 2 aliphatic rings. The van der Waals surface area contributed by atoms with Gasteiger partial charge in [0.1, 0.15) is 11.5 Å². The van der Waals surface area contributed by atoms with E-state index in [0.29, 0.717) is 67.0 Å². The van der Waals surface area contributed by atoms with Crippen molar-refractivity contribution < 1.29 is 19.2 Å². The normalized spacial score (nSPS) is 20.7. The molecule has 1 heterocycles. The van der Waals surface area contributed by atoms with Crippen molar-refractivity contribution in [3.8, 4) is 0 Å². The number of hydrogen-bond acceptors (Lipinski definition) is 6. The number of benzene rings is 2. The summed E-state index contributed by atoms with van der Waals surface area (Å²) in [7, 11) is 0. The molecule has 6 nitrogen and oxygen atoms in total. The summed E-state index contributed by atoms with van der Waals surface area (Å²) in [6, 6.07) is 19.8. The highest BCUT2D eigenvalue weighted by atomic mass is 16.5. The highest BCUT2D eigenvalue weighted by Gasteiger charge is 2.33. The molecule has 0 amide bonds. The average Bonchev–Trinajstić information content (AvgIpc) is 3.31. The first-order valence-electron chi connectivity index (χ1n) is 12.2. The second kappa shape index (κ2) is 10.2. The third kappa shape index (κ3) is 5.02. The molecule has 0 bridgehead atoms. The van der Waals surface area contributed by atoms with Gasteiger partial charge in [-0.05, 0) is 29.9 Å². The number of nitrogens with zero attached hydrogens (tertiary/aromatic N) is 2. The van der Waals surface area contributed by atoms with E-state index in [0.717, 1.165) is 17.5 Å². The summed E-state index contributed by atoms with van der Waals surface area (Å²) in [4.78, 5) is 30.3. The van der Waals surface area contributed by atoms with E-state index in [4.69, 9.17) is 4.52 Å². The summed E-state index contributed by atoms with van der Waals surface area (Å²) in [5, 5.41) is 15.1. The fraction of sp³-hybridized carbons (Fsp3) is 0.310. The van der Waals surface area contributed by atoms with Gasteiger partial charge in [0.25, 0.3) is 0 Å². The average molecular weight is 469 g/mol. The van der Waals surface area contributed by atoms with Crippen LogP contribution in [0.5, 0.6) is 0 Å². The molecule has 6 heteroatoms. The SMILES string of the molecule is O=C1CCCC(=NCc2ccccc2)C1=C(O)CCc1noc2c1C(=O)CC(c1ccccc1)C2. The van der Waals surface area contributed by atoms with Crippen molar-refractivity contribution >= 4 is 17.3 Å². The topological polar surface area (TPSA) is 92.8 Å². The number of aliphatic hydroxyl groups is 1. The summed E-state index contributed by atoms with van der Waals surface area (Å²) < 4.78 is 5.56. The monoisotopic (exact) mass is 468 g/mol. The fourth-order valence-corrected chi connectivity index (χ4v) is 5.02. The van der Waals surface area contributed by atoms with Crippen LogP contribution in [-0.2, 0) is 24.2 Å². The second-order valence-electron chi connectivity index (χ2n) is 9.21. The van der Waals surface area contributed by atoms with Gasteiger partial charge in [0.05, 0.1) is 23.4 Å². The predicted molar refractivity (Wildman–Crippen MR) is 133 cm³/mol. The van der Waals surface area contributed by atoms with Gasteiger partial charge in [0.2, 0.25) is 0 Å². The van der Waals surface area contributed by atoms with Crippen molar-refractivity contribution in [2.24, 2.45) is 4.99 Å². The lowest BCUT2D eigenvalue weighted by molar-refractivity contribution is -0.115. The minimum atomic E-state index is -0.0791. The summed E-state index contributed by atoms with van der Waals surface area (Å²) in [6.07, 6.45) is 3.37. The number of Topliss-reactive ketones (excluding diaryl/α,β-unsaturated/α-hetero) is 2. The first-order valence-corrected chi connectivity index (χ1v) is 12.2. The van der Waals surface area contributed by atoms with Crippen molar-refractivity contribution in [2.75, 3.05) is 0 Å². The molecule has 1 fully saturated rings. The Balaban J connectivity index is 1.32. The number of aromatic nitrogens is 1. The quantitative estimate of drug-likeness (QED) is 0.369. The van der Waals surface area contributed by atoms with E-state index in [-0.39, 0.29) is 29.7 Å². The van der Waals surface area contributed by atoms with E-state index in [1.807, 2.05) is 60.7 Å². The van der Waals surface area contributed by atoms with Gasteiger partial charge >= 0.3 is 0 Å². The molecule has 1 N–H and O–H groups in total. The summed E-state index contributed by atoms with van der Waals surface area (Å²) in [6.45, 7) is 0.466. The van der Waals surface area contributed by atoms with Crippen LogP contribution in [0.25, 0.3) is 0 Å². The highest BCUT2D eigenvalue weighted by Crippen LogP contribution is 2.35. The molecule has 1 unspecified atom stereocenters. The van der Waals surface area contributed by atoms with Gasteiger partial charge in [-0.1, -0.05) is 65.8 Å². The molecule has 2 aliphatic carbocycles. The number of carbonyl (C=O) groups is 2. The smallest absolute Gasteiger partial charge is 0.168 e. The van der Waals surface area contributed by atoms with Crippen LogP contribution in [0.1, 0.15) is 71.0 Å². The van der Waals surface area contributed by atoms with Gasteiger partial charge in [0.15, 0.2) is 11.6 Å². The number of allylic oxidation sites excluding steroid dienone is 2. The minimum Gasteiger partial charge on any atom is -0.511 e. The van der Waals surface area contributed by atoms with E-state index in [2.05, 4.69) is 10.1 Å². The van der Waals surface area contributed by atoms with Crippen LogP contribution >= 0.6 is 0 Å². The van der Waals surface area contributed by atoms with E-state index in [9.17, 15) is 14.7 Å². The van der Waals surface area contributed by atoms with E-state index in [1.54, 1.807) is 0 Å². The number of aryl methyl sites for hydroxylation is 1. The Morgan fingerprint density at radius 3 is 2.49 bits per heavy atom. The molecule has 1 aromatic heterocycles. The lowest BCUT2D eigenvalue weighted by Crippen LogP contribution is -2.22.